The molecule has 0 bridgehead atoms. The fourth-order valence-corrected chi connectivity index (χ4v) is 3.51. The van der Waals surface area contributed by atoms with Crippen LogP contribution >= 0.6 is 43.5 Å². The maximum atomic E-state index is 12.7. The molecule has 1 saturated carbocycles. The summed E-state index contributed by atoms with van der Waals surface area (Å²) in [6, 6.07) is 5.78. The number of nitrogens with zero attached hydrogens (tertiary/aromatic N) is 1. The molecule has 1 fully saturated rings. The van der Waals surface area contributed by atoms with Crippen LogP contribution in [0.25, 0.3) is 0 Å². The van der Waals surface area contributed by atoms with Gasteiger partial charge in [-0.25, -0.2) is 0 Å². The highest BCUT2D eigenvalue weighted by atomic mass is 79.9. The van der Waals surface area contributed by atoms with Crippen molar-refractivity contribution in [2.45, 2.75) is 31.7 Å². The van der Waals surface area contributed by atoms with E-state index >= 15 is 0 Å². The number of hydrogen-bond donors (Lipinski definition) is 0. The average Bonchev–Trinajstić information content (AvgIpc) is 2.92. The van der Waals surface area contributed by atoms with Crippen LogP contribution in [-0.2, 0) is 0 Å². The number of amides is 1. The molecule has 2 nitrogen and oxygen atoms in total. The Bertz CT molecular complexity index is 461. The van der Waals surface area contributed by atoms with Crippen molar-refractivity contribution < 1.29 is 4.79 Å². The molecule has 0 N–H and O–H groups in total. The lowest BCUT2D eigenvalue weighted by atomic mass is 10.1. The van der Waals surface area contributed by atoms with Gasteiger partial charge in [-0.15, -0.1) is 0 Å². The van der Waals surface area contributed by atoms with Gasteiger partial charge in [0.1, 0.15) is 0 Å². The Morgan fingerprint density at radius 1 is 1.37 bits per heavy atom. The van der Waals surface area contributed by atoms with Crippen LogP contribution in [-0.4, -0.2) is 28.7 Å². The van der Waals surface area contributed by atoms with E-state index in [9.17, 15) is 4.79 Å². The van der Waals surface area contributed by atoms with Gasteiger partial charge in [0.05, 0.1) is 10.6 Å². The monoisotopic (exact) mass is 407 g/mol. The predicted octanol–water partition coefficient (Wildman–Crippen LogP) is 4.88. The van der Waals surface area contributed by atoms with Crippen LogP contribution in [0.2, 0.25) is 5.02 Å². The third kappa shape index (κ3) is 3.73. The fourth-order valence-electron chi connectivity index (χ4n) is 2.57. The highest BCUT2D eigenvalue weighted by Gasteiger charge is 2.28. The van der Waals surface area contributed by atoms with Gasteiger partial charge >= 0.3 is 0 Å². The number of carbonyl (C=O) groups is 1. The molecule has 19 heavy (non-hydrogen) atoms. The number of hydrogen-bond acceptors (Lipinski definition) is 1. The van der Waals surface area contributed by atoms with Crippen LogP contribution in [0.4, 0.5) is 0 Å². The summed E-state index contributed by atoms with van der Waals surface area (Å²) in [5, 5.41) is 1.31. The molecule has 5 heteroatoms. The second kappa shape index (κ2) is 7.09. The van der Waals surface area contributed by atoms with E-state index in [1.807, 2.05) is 11.0 Å². The van der Waals surface area contributed by atoms with Gasteiger partial charge < -0.3 is 4.90 Å². The summed E-state index contributed by atoms with van der Waals surface area (Å²) in [5.41, 5.74) is 0.587. The van der Waals surface area contributed by atoms with Gasteiger partial charge in [-0.2, -0.15) is 0 Å². The minimum absolute atomic E-state index is 0.0395. The zero-order valence-electron chi connectivity index (χ0n) is 10.5. The van der Waals surface area contributed by atoms with Crippen molar-refractivity contribution in [3.05, 3.63) is 33.3 Å². The molecular weight excluding hydrogens is 393 g/mol. The Labute approximate surface area is 135 Å². The lowest BCUT2D eigenvalue weighted by Gasteiger charge is -2.28. The van der Waals surface area contributed by atoms with E-state index in [0.29, 0.717) is 16.6 Å². The first-order valence-corrected chi connectivity index (χ1v) is 8.74. The molecule has 0 aliphatic heterocycles. The molecule has 2 rings (SSSR count). The van der Waals surface area contributed by atoms with Gasteiger partial charge in [0.15, 0.2) is 0 Å². The normalized spacial score (nSPS) is 15.7. The molecule has 0 atom stereocenters. The first kappa shape index (κ1) is 15.3. The number of alkyl halides is 1. The van der Waals surface area contributed by atoms with Crippen LogP contribution in [0.1, 0.15) is 36.0 Å². The lowest BCUT2D eigenvalue weighted by Crippen LogP contribution is -2.40. The van der Waals surface area contributed by atoms with Crippen LogP contribution in [0.5, 0.6) is 0 Å². The van der Waals surface area contributed by atoms with Gasteiger partial charge in [0, 0.05) is 22.4 Å². The van der Waals surface area contributed by atoms with Crippen LogP contribution in [0.15, 0.2) is 22.7 Å². The Kier molecular flexibility index (Phi) is 5.72. The van der Waals surface area contributed by atoms with E-state index in [0.717, 1.165) is 29.2 Å². The summed E-state index contributed by atoms with van der Waals surface area (Å²) in [6.45, 7) is 0.729. The van der Waals surface area contributed by atoms with Crippen molar-refractivity contribution in [1.82, 2.24) is 4.90 Å². The van der Waals surface area contributed by atoms with Gasteiger partial charge in [-0.05, 0) is 31.0 Å². The molecule has 104 valence electrons. The van der Waals surface area contributed by atoms with Crippen LogP contribution in [0.3, 0.4) is 0 Å². The standard InChI is InChI=1S/C14H16Br2ClNO/c15-7-8-18(11-3-1-2-4-11)14(19)12-9-10(16)5-6-13(12)17/h5-6,9,11H,1-4,7-8H2. The molecule has 1 aliphatic rings. The summed E-state index contributed by atoms with van der Waals surface area (Å²) in [4.78, 5) is 14.7. The van der Waals surface area contributed by atoms with Gasteiger partial charge in [0.2, 0.25) is 0 Å². The van der Waals surface area contributed by atoms with E-state index in [4.69, 9.17) is 11.6 Å². The van der Waals surface area contributed by atoms with Crippen molar-refractivity contribution in [2.75, 3.05) is 11.9 Å². The Morgan fingerprint density at radius 2 is 2.05 bits per heavy atom. The molecule has 1 aromatic carbocycles. The summed E-state index contributed by atoms with van der Waals surface area (Å²) in [5.74, 6) is 0.0395. The van der Waals surface area contributed by atoms with Crippen LogP contribution < -0.4 is 0 Å². The second-order valence-electron chi connectivity index (χ2n) is 4.75. The van der Waals surface area contributed by atoms with E-state index in [-0.39, 0.29) is 5.91 Å². The van der Waals surface area contributed by atoms with Crippen molar-refractivity contribution in [3.63, 3.8) is 0 Å². The molecule has 0 radical (unpaired) electrons. The maximum absolute atomic E-state index is 12.7. The van der Waals surface area contributed by atoms with Crippen molar-refractivity contribution >= 4 is 49.4 Å². The van der Waals surface area contributed by atoms with E-state index in [1.54, 1.807) is 12.1 Å². The van der Waals surface area contributed by atoms with Crippen molar-refractivity contribution in [1.29, 1.82) is 0 Å². The minimum Gasteiger partial charge on any atom is -0.335 e. The highest BCUT2D eigenvalue weighted by molar-refractivity contribution is 9.10. The zero-order chi connectivity index (χ0) is 13.8. The third-order valence-electron chi connectivity index (χ3n) is 3.51. The Morgan fingerprint density at radius 3 is 2.68 bits per heavy atom. The van der Waals surface area contributed by atoms with E-state index in [1.165, 1.54) is 12.8 Å². The summed E-state index contributed by atoms with van der Waals surface area (Å²) >= 11 is 13.0. The van der Waals surface area contributed by atoms with Crippen molar-refractivity contribution in [2.24, 2.45) is 0 Å². The first-order chi connectivity index (χ1) is 9.13. The zero-order valence-corrected chi connectivity index (χ0v) is 14.5. The second-order valence-corrected chi connectivity index (χ2v) is 6.87. The molecule has 0 aromatic heterocycles. The molecule has 0 saturated heterocycles. The lowest BCUT2D eigenvalue weighted by molar-refractivity contribution is 0.0696. The van der Waals surface area contributed by atoms with E-state index < -0.39 is 0 Å². The smallest absolute Gasteiger partial charge is 0.255 e. The first-order valence-electron chi connectivity index (χ1n) is 6.45. The molecule has 0 spiro atoms. The average molecular weight is 410 g/mol. The van der Waals surface area contributed by atoms with Gasteiger partial charge in [0.25, 0.3) is 5.91 Å². The highest BCUT2D eigenvalue weighted by Crippen LogP contribution is 2.28. The quantitative estimate of drug-likeness (QED) is 0.649. The van der Waals surface area contributed by atoms with Gasteiger partial charge in [-0.3, -0.25) is 4.79 Å². The van der Waals surface area contributed by atoms with Crippen LogP contribution in [0, 0.1) is 0 Å². The molecule has 1 amide bonds. The third-order valence-corrected chi connectivity index (χ3v) is 4.69. The SMILES string of the molecule is O=C(c1cc(Br)ccc1Cl)N(CCBr)C1CCCC1. The molecule has 0 unspecified atom stereocenters. The molecule has 0 heterocycles. The maximum Gasteiger partial charge on any atom is 0.255 e. The largest absolute Gasteiger partial charge is 0.335 e. The molecular formula is C14H16Br2ClNO. The number of carbonyl (C=O) groups excluding carboxylic acids is 1. The number of halogens is 3. The fraction of sp³-hybridized carbons (Fsp3) is 0.500. The predicted molar refractivity (Wildman–Crippen MR) is 86.2 cm³/mol. The molecule has 1 aromatic rings. The minimum atomic E-state index is 0.0395. The van der Waals surface area contributed by atoms with Crippen molar-refractivity contribution in [3.8, 4) is 0 Å². The molecule has 1 aliphatic carbocycles. The Hall–Kier alpha value is -0.0600. The van der Waals surface area contributed by atoms with Gasteiger partial charge in [-0.1, -0.05) is 56.3 Å². The van der Waals surface area contributed by atoms with E-state index in [2.05, 4.69) is 31.9 Å². The number of rotatable bonds is 4. The Balaban J connectivity index is 2.25. The number of benzene rings is 1. The summed E-state index contributed by atoms with van der Waals surface area (Å²) in [7, 11) is 0. The summed E-state index contributed by atoms with van der Waals surface area (Å²) in [6.07, 6.45) is 4.63. The summed E-state index contributed by atoms with van der Waals surface area (Å²) < 4.78 is 0.880. The topological polar surface area (TPSA) is 20.3 Å².